The number of hydrogen-bond acceptors (Lipinski definition) is 3. The van der Waals surface area contributed by atoms with Crippen molar-refractivity contribution in [3.63, 3.8) is 0 Å². The average molecular weight is 346 g/mol. The van der Waals surface area contributed by atoms with E-state index in [4.69, 9.17) is 9.73 Å². The van der Waals surface area contributed by atoms with Gasteiger partial charge >= 0.3 is 0 Å². The highest BCUT2D eigenvalue weighted by Crippen LogP contribution is 2.42. The molecule has 1 aliphatic heterocycles. The van der Waals surface area contributed by atoms with Crippen LogP contribution in [0, 0.1) is 16.7 Å². The van der Waals surface area contributed by atoms with Crippen LogP contribution < -0.4 is 0 Å². The highest BCUT2D eigenvalue weighted by molar-refractivity contribution is 6.00. The number of benzene rings is 2. The number of aliphatic imine (C=N–C) groups is 1. The molecule has 1 aliphatic rings. The monoisotopic (exact) mass is 346 g/mol. The molecule has 0 aliphatic carbocycles. The molecule has 0 spiro atoms. The molecule has 2 aromatic carbocycles. The minimum atomic E-state index is -1.14. The summed E-state index contributed by atoms with van der Waals surface area (Å²) in [5.41, 5.74) is 1.31. The van der Waals surface area contributed by atoms with Crippen LogP contribution in [0.4, 0.5) is 0 Å². The van der Waals surface area contributed by atoms with Gasteiger partial charge < -0.3 is 4.74 Å². The highest BCUT2D eigenvalue weighted by atomic mass is 16.5. The van der Waals surface area contributed by atoms with Gasteiger partial charge in [-0.2, -0.15) is 5.26 Å². The SMILES string of the molecule is CC(C)(C)CC(C)(C)N=C1OC(C#N)(c2ccccc2)c2ccccc21. The zero-order valence-corrected chi connectivity index (χ0v) is 16.2. The Hall–Kier alpha value is -2.60. The first-order valence-electron chi connectivity index (χ1n) is 9.02. The van der Waals surface area contributed by atoms with Crippen molar-refractivity contribution in [2.75, 3.05) is 0 Å². The van der Waals surface area contributed by atoms with Crippen molar-refractivity contribution in [3.8, 4) is 6.07 Å². The summed E-state index contributed by atoms with van der Waals surface area (Å²) in [6.45, 7) is 10.9. The van der Waals surface area contributed by atoms with Gasteiger partial charge in [-0.15, -0.1) is 0 Å². The molecule has 0 saturated heterocycles. The second-order valence-corrected chi connectivity index (χ2v) is 8.77. The number of nitrogens with zero attached hydrogens (tertiary/aromatic N) is 2. The normalized spacial score (nSPS) is 21.2. The van der Waals surface area contributed by atoms with Crippen LogP contribution in [-0.4, -0.2) is 11.4 Å². The molecule has 0 N–H and O–H groups in total. The minimum Gasteiger partial charge on any atom is -0.447 e. The summed E-state index contributed by atoms with van der Waals surface area (Å²) in [6.07, 6.45) is 0.917. The van der Waals surface area contributed by atoms with E-state index in [0.29, 0.717) is 5.90 Å². The lowest BCUT2D eigenvalue weighted by Crippen LogP contribution is -2.29. The predicted octanol–water partition coefficient (Wildman–Crippen LogP) is 5.45. The average Bonchev–Trinajstić information content (AvgIpc) is 2.88. The van der Waals surface area contributed by atoms with Crippen LogP contribution in [0.25, 0.3) is 0 Å². The maximum absolute atomic E-state index is 10.1. The molecule has 26 heavy (non-hydrogen) atoms. The van der Waals surface area contributed by atoms with Crippen molar-refractivity contribution in [3.05, 3.63) is 71.3 Å². The third-order valence-electron chi connectivity index (χ3n) is 4.49. The van der Waals surface area contributed by atoms with Crippen LogP contribution in [-0.2, 0) is 10.3 Å². The summed E-state index contributed by atoms with van der Waals surface area (Å²) in [5, 5.41) is 10.1. The lowest BCUT2D eigenvalue weighted by Gasteiger charge is -2.29. The summed E-state index contributed by atoms with van der Waals surface area (Å²) in [6, 6.07) is 19.9. The summed E-state index contributed by atoms with van der Waals surface area (Å²) >= 11 is 0. The summed E-state index contributed by atoms with van der Waals surface area (Å²) in [5.74, 6) is 0.556. The first-order valence-corrected chi connectivity index (χ1v) is 9.02. The van der Waals surface area contributed by atoms with Gasteiger partial charge in [-0.3, -0.25) is 0 Å². The number of nitriles is 1. The van der Waals surface area contributed by atoms with Crippen LogP contribution in [0.2, 0.25) is 0 Å². The van der Waals surface area contributed by atoms with E-state index < -0.39 is 5.60 Å². The second kappa shape index (κ2) is 6.29. The van der Waals surface area contributed by atoms with Crippen molar-refractivity contribution in [2.24, 2.45) is 10.4 Å². The summed E-state index contributed by atoms with van der Waals surface area (Å²) in [7, 11) is 0. The van der Waals surface area contributed by atoms with Gasteiger partial charge in [0.1, 0.15) is 6.07 Å². The fourth-order valence-electron chi connectivity index (χ4n) is 3.96. The number of fused-ring (bicyclic) bond motifs is 1. The van der Waals surface area contributed by atoms with Gasteiger partial charge in [-0.1, -0.05) is 69.3 Å². The third kappa shape index (κ3) is 3.37. The molecule has 2 aromatic rings. The molecule has 0 fully saturated rings. The van der Waals surface area contributed by atoms with Crippen LogP contribution in [0.3, 0.4) is 0 Å². The van der Waals surface area contributed by atoms with Gasteiger partial charge in [0.05, 0.1) is 5.54 Å². The van der Waals surface area contributed by atoms with E-state index in [2.05, 4.69) is 40.7 Å². The molecular formula is C23H26N2O. The van der Waals surface area contributed by atoms with E-state index in [1.54, 1.807) is 0 Å². The van der Waals surface area contributed by atoms with E-state index >= 15 is 0 Å². The lowest BCUT2D eigenvalue weighted by atomic mass is 9.82. The van der Waals surface area contributed by atoms with Crippen molar-refractivity contribution < 1.29 is 4.74 Å². The fourth-order valence-corrected chi connectivity index (χ4v) is 3.96. The Bertz CT molecular complexity index is 869. The Morgan fingerprint density at radius 1 is 0.962 bits per heavy atom. The van der Waals surface area contributed by atoms with Gasteiger partial charge in [0.2, 0.25) is 11.5 Å². The molecule has 0 saturated carbocycles. The Labute approximate surface area is 156 Å². The van der Waals surface area contributed by atoms with Gasteiger partial charge in [0.25, 0.3) is 0 Å². The largest absolute Gasteiger partial charge is 0.447 e. The second-order valence-electron chi connectivity index (χ2n) is 8.77. The van der Waals surface area contributed by atoms with Crippen LogP contribution in [0.5, 0.6) is 0 Å². The van der Waals surface area contributed by atoms with E-state index in [1.165, 1.54) is 0 Å². The molecule has 1 unspecified atom stereocenters. The Morgan fingerprint density at radius 3 is 2.19 bits per heavy atom. The molecule has 0 amide bonds. The minimum absolute atomic E-state index is 0.150. The van der Waals surface area contributed by atoms with Gasteiger partial charge in [0, 0.05) is 16.7 Å². The van der Waals surface area contributed by atoms with Crippen LogP contribution >= 0.6 is 0 Å². The molecule has 134 valence electrons. The molecular weight excluding hydrogens is 320 g/mol. The fraction of sp³-hybridized carbons (Fsp3) is 0.391. The summed E-state index contributed by atoms with van der Waals surface area (Å²) in [4.78, 5) is 4.95. The van der Waals surface area contributed by atoms with E-state index in [-0.39, 0.29) is 11.0 Å². The smallest absolute Gasteiger partial charge is 0.247 e. The van der Waals surface area contributed by atoms with Crippen LogP contribution in [0.15, 0.2) is 59.6 Å². The number of ether oxygens (including phenoxy) is 1. The first-order chi connectivity index (χ1) is 12.2. The predicted molar refractivity (Wildman–Crippen MR) is 105 cm³/mol. The highest BCUT2D eigenvalue weighted by Gasteiger charge is 2.47. The van der Waals surface area contributed by atoms with Gasteiger partial charge in [-0.25, -0.2) is 4.99 Å². The van der Waals surface area contributed by atoms with Crippen molar-refractivity contribution in [2.45, 2.75) is 52.2 Å². The molecule has 0 radical (unpaired) electrons. The molecule has 1 atom stereocenters. The molecule has 1 heterocycles. The molecule has 0 aromatic heterocycles. The van der Waals surface area contributed by atoms with Crippen molar-refractivity contribution in [1.82, 2.24) is 0 Å². The van der Waals surface area contributed by atoms with E-state index in [1.807, 2.05) is 54.6 Å². The van der Waals surface area contributed by atoms with Crippen molar-refractivity contribution >= 4 is 5.90 Å². The van der Waals surface area contributed by atoms with E-state index in [9.17, 15) is 5.26 Å². The van der Waals surface area contributed by atoms with E-state index in [0.717, 1.165) is 23.1 Å². The van der Waals surface area contributed by atoms with Gasteiger partial charge in [0.15, 0.2) is 0 Å². The van der Waals surface area contributed by atoms with Gasteiger partial charge in [-0.05, 0) is 31.7 Å². The zero-order chi connectivity index (χ0) is 19.0. The van der Waals surface area contributed by atoms with Crippen LogP contribution in [0.1, 0.15) is 57.7 Å². The Morgan fingerprint density at radius 2 is 1.58 bits per heavy atom. The van der Waals surface area contributed by atoms with Crippen molar-refractivity contribution in [1.29, 1.82) is 5.26 Å². The first kappa shape index (κ1) is 18.2. The maximum atomic E-state index is 10.1. The Balaban J connectivity index is 2.12. The quantitative estimate of drug-likeness (QED) is 0.742. The third-order valence-corrected chi connectivity index (χ3v) is 4.49. The number of rotatable bonds is 3. The lowest BCUT2D eigenvalue weighted by molar-refractivity contribution is 0.171. The Kier molecular flexibility index (Phi) is 4.40. The summed E-state index contributed by atoms with van der Waals surface area (Å²) < 4.78 is 6.29. The maximum Gasteiger partial charge on any atom is 0.247 e. The topological polar surface area (TPSA) is 45.4 Å². The molecule has 0 bridgehead atoms. The molecule has 3 heteroatoms. The standard InChI is InChI=1S/C23H26N2O/c1-21(2,3)15-22(4,5)25-20-18-13-9-10-14-19(18)23(16-24,26-20)17-11-7-6-8-12-17/h6-14H,15H2,1-5H3. The zero-order valence-electron chi connectivity index (χ0n) is 16.2. The molecule has 3 nitrogen and oxygen atoms in total. The number of hydrogen-bond donors (Lipinski definition) is 0. The molecule has 3 rings (SSSR count).